The minimum Gasteiger partial charge on any atom is -0.400 e. The van der Waals surface area contributed by atoms with Crippen LogP contribution in [0.5, 0.6) is 0 Å². The van der Waals surface area contributed by atoms with Crippen molar-refractivity contribution in [3.8, 4) is 0 Å². The Kier molecular flexibility index (Phi) is 9.72. The van der Waals surface area contributed by atoms with Crippen molar-refractivity contribution in [2.24, 2.45) is 0 Å². The Morgan fingerprint density at radius 3 is 2.18 bits per heavy atom. The molecule has 1 aromatic rings. The van der Waals surface area contributed by atoms with Crippen molar-refractivity contribution in [1.29, 1.82) is 0 Å². The van der Waals surface area contributed by atoms with Crippen LogP contribution in [-0.2, 0) is 4.74 Å². The molecule has 1 aliphatic rings. The SMILES string of the molecule is CC.CO.OCC1CCC(c2ccccc2)O1. The molecule has 1 aromatic carbocycles. The maximum absolute atomic E-state index is 8.91. The molecule has 3 nitrogen and oxygen atoms in total. The van der Waals surface area contributed by atoms with Crippen LogP contribution in [0.1, 0.15) is 38.4 Å². The first kappa shape index (κ1) is 16.1. The molecule has 2 N–H and O–H groups in total. The third-order valence-electron chi connectivity index (χ3n) is 2.48. The van der Waals surface area contributed by atoms with Gasteiger partial charge >= 0.3 is 0 Å². The maximum Gasteiger partial charge on any atom is 0.0830 e. The Balaban J connectivity index is 0.000000581. The maximum atomic E-state index is 8.91. The second-order valence-corrected chi connectivity index (χ2v) is 3.42. The van der Waals surface area contributed by atoms with Crippen LogP contribution in [0.4, 0.5) is 0 Å². The molecular formula is C14H24O3. The van der Waals surface area contributed by atoms with Gasteiger partial charge in [0.25, 0.3) is 0 Å². The highest BCUT2D eigenvalue weighted by atomic mass is 16.5. The van der Waals surface area contributed by atoms with E-state index in [-0.39, 0.29) is 18.8 Å². The van der Waals surface area contributed by atoms with Gasteiger partial charge in [-0.15, -0.1) is 0 Å². The van der Waals surface area contributed by atoms with Gasteiger partial charge in [-0.2, -0.15) is 0 Å². The monoisotopic (exact) mass is 240 g/mol. The molecule has 3 heteroatoms. The lowest BCUT2D eigenvalue weighted by Crippen LogP contribution is -2.10. The molecule has 1 saturated heterocycles. The first-order valence-electron chi connectivity index (χ1n) is 6.16. The third-order valence-corrected chi connectivity index (χ3v) is 2.48. The highest BCUT2D eigenvalue weighted by molar-refractivity contribution is 5.18. The minimum atomic E-state index is 0.0465. The molecule has 1 heterocycles. The largest absolute Gasteiger partial charge is 0.400 e. The Morgan fingerprint density at radius 2 is 1.71 bits per heavy atom. The van der Waals surface area contributed by atoms with Crippen molar-refractivity contribution in [2.45, 2.75) is 38.9 Å². The zero-order valence-electron chi connectivity index (χ0n) is 11.0. The summed E-state index contributed by atoms with van der Waals surface area (Å²) >= 11 is 0. The molecule has 0 aromatic heterocycles. The van der Waals surface area contributed by atoms with Crippen LogP contribution in [0.25, 0.3) is 0 Å². The summed E-state index contributed by atoms with van der Waals surface area (Å²) in [4.78, 5) is 0. The first-order chi connectivity index (χ1) is 8.40. The fourth-order valence-electron chi connectivity index (χ4n) is 1.75. The molecule has 2 atom stereocenters. The summed E-state index contributed by atoms with van der Waals surface area (Å²) in [6.45, 7) is 4.14. The lowest BCUT2D eigenvalue weighted by Gasteiger charge is -2.11. The molecule has 1 aliphatic heterocycles. The number of ether oxygens (including phenoxy) is 1. The van der Waals surface area contributed by atoms with E-state index < -0.39 is 0 Å². The highest BCUT2D eigenvalue weighted by Gasteiger charge is 2.25. The summed E-state index contributed by atoms with van der Waals surface area (Å²) in [6, 6.07) is 10.2. The number of hydrogen-bond acceptors (Lipinski definition) is 3. The van der Waals surface area contributed by atoms with E-state index in [1.807, 2.05) is 32.0 Å². The summed E-state index contributed by atoms with van der Waals surface area (Å²) < 4.78 is 5.65. The average molecular weight is 240 g/mol. The van der Waals surface area contributed by atoms with Crippen molar-refractivity contribution in [2.75, 3.05) is 13.7 Å². The average Bonchev–Trinajstić information content (AvgIpc) is 2.93. The summed E-state index contributed by atoms with van der Waals surface area (Å²) in [5.41, 5.74) is 1.22. The first-order valence-corrected chi connectivity index (χ1v) is 6.16. The normalized spacial score (nSPS) is 21.9. The summed E-state index contributed by atoms with van der Waals surface area (Å²) in [5.74, 6) is 0. The Labute approximate surface area is 104 Å². The quantitative estimate of drug-likeness (QED) is 0.835. The number of aliphatic hydroxyl groups excluding tert-OH is 2. The second kappa shape index (κ2) is 10.3. The molecule has 0 amide bonds. The van der Waals surface area contributed by atoms with Crippen molar-refractivity contribution >= 4 is 0 Å². The van der Waals surface area contributed by atoms with Gasteiger partial charge < -0.3 is 14.9 Å². The van der Waals surface area contributed by atoms with E-state index in [9.17, 15) is 0 Å². The second-order valence-electron chi connectivity index (χ2n) is 3.42. The number of benzene rings is 1. The summed E-state index contributed by atoms with van der Waals surface area (Å²) in [7, 11) is 1.00. The molecule has 1 fully saturated rings. The highest BCUT2D eigenvalue weighted by Crippen LogP contribution is 2.31. The van der Waals surface area contributed by atoms with E-state index in [4.69, 9.17) is 14.9 Å². The van der Waals surface area contributed by atoms with Crippen molar-refractivity contribution in [3.05, 3.63) is 35.9 Å². The number of rotatable bonds is 2. The zero-order valence-corrected chi connectivity index (χ0v) is 11.0. The van der Waals surface area contributed by atoms with E-state index in [1.54, 1.807) is 0 Å². The van der Waals surface area contributed by atoms with Crippen LogP contribution < -0.4 is 0 Å². The minimum absolute atomic E-state index is 0.0465. The van der Waals surface area contributed by atoms with Crippen molar-refractivity contribution < 1.29 is 14.9 Å². The van der Waals surface area contributed by atoms with Crippen LogP contribution in [0.2, 0.25) is 0 Å². The fraction of sp³-hybridized carbons (Fsp3) is 0.571. The van der Waals surface area contributed by atoms with Crippen LogP contribution >= 0.6 is 0 Å². The summed E-state index contributed by atoms with van der Waals surface area (Å²) in [6.07, 6.45) is 2.23. The zero-order chi connectivity index (χ0) is 13.1. The lowest BCUT2D eigenvalue weighted by atomic mass is 10.1. The molecule has 0 saturated carbocycles. The molecule has 2 unspecified atom stereocenters. The van der Waals surface area contributed by atoms with Gasteiger partial charge in [0.15, 0.2) is 0 Å². The molecule has 0 spiro atoms. The molecule has 0 aliphatic carbocycles. The van der Waals surface area contributed by atoms with E-state index in [2.05, 4.69) is 12.1 Å². The predicted octanol–water partition coefficient (Wildman–Crippen LogP) is 2.53. The molecule has 98 valence electrons. The van der Waals surface area contributed by atoms with Crippen molar-refractivity contribution in [1.82, 2.24) is 0 Å². The molecular weight excluding hydrogens is 216 g/mol. The Morgan fingerprint density at radius 1 is 1.12 bits per heavy atom. The number of hydrogen-bond donors (Lipinski definition) is 2. The molecule has 0 radical (unpaired) electrons. The van der Waals surface area contributed by atoms with Crippen LogP contribution in [-0.4, -0.2) is 30.0 Å². The molecule has 2 rings (SSSR count). The Bertz CT molecular complexity index is 261. The van der Waals surface area contributed by atoms with E-state index in [0.29, 0.717) is 0 Å². The lowest BCUT2D eigenvalue weighted by molar-refractivity contribution is 0.0110. The summed E-state index contributed by atoms with van der Waals surface area (Å²) in [5, 5.41) is 15.9. The van der Waals surface area contributed by atoms with Gasteiger partial charge in [0, 0.05) is 7.11 Å². The van der Waals surface area contributed by atoms with Gasteiger partial charge in [0.2, 0.25) is 0 Å². The van der Waals surface area contributed by atoms with Crippen LogP contribution in [0.15, 0.2) is 30.3 Å². The third kappa shape index (κ3) is 5.31. The predicted molar refractivity (Wildman–Crippen MR) is 69.9 cm³/mol. The topological polar surface area (TPSA) is 49.7 Å². The molecule has 17 heavy (non-hydrogen) atoms. The fourth-order valence-corrected chi connectivity index (χ4v) is 1.75. The smallest absolute Gasteiger partial charge is 0.0830 e. The van der Waals surface area contributed by atoms with Crippen LogP contribution in [0.3, 0.4) is 0 Å². The van der Waals surface area contributed by atoms with Gasteiger partial charge in [-0.3, -0.25) is 0 Å². The van der Waals surface area contributed by atoms with Crippen LogP contribution in [0, 0.1) is 0 Å². The van der Waals surface area contributed by atoms with E-state index in [1.165, 1.54) is 5.56 Å². The van der Waals surface area contributed by atoms with Crippen molar-refractivity contribution in [3.63, 3.8) is 0 Å². The molecule has 0 bridgehead atoms. The van der Waals surface area contributed by atoms with Gasteiger partial charge in [0.05, 0.1) is 18.8 Å². The van der Waals surface area contributed by atoms with E-state index >= 15 is 0 Å². The standard InChI is InChI=1S/C11H14O2.C2H6.CH4O/c12-8-10-6-7-11(13-10)9-4-2-1-3-5-9;2*1-2/h1-5,10-12H,6-8H2;1-2H3;2H,1H3. The van der Waals surface area contributed by atoms with Gasteiger partial charge in [-0.1, -0.05) is 44.2 Å². The van der Waals surface area contributed by atoms with E-state index in [0.717, 1.165) is 20.0 Å². The number of aliphatic hydroxyl groups is 2. The van der Waals surface area contributed by atoms with Gasteiger partial charge in [0.1, 0.15) is 0 Å². The Hall–Kier alpha value is -0.900. The van der Waals surface area contributed by atoms with Gasteiger partial charge in [-0.25, -0.2) is 0 Å². The van der Waals surface area contributed by atoms with Gasteiger partial charge in [-0.05, 0) is 18.4 Å².